The van der Waals surface area contributed by atoms with Crippen LogP contribution in [0.25, 0.3) is 23.3 Å². The lowest BCUT2D eigenvalue weighted by Crippen LogP contribution is -2.40. The molecule has 0 spiro atoms. The van der Waals surface area contributed by atoms with Crippen molar-refractivity contribution in [3.8, 4) is 11.1 Å². The van der Waals surface area contributed by atoms with Crippen molar-refractivity contribution in [3.05, 3.63) is 128 Å². The highest BCUT2D eigenvalue weighted by atomic mass is 79.9. The number of nitrogens with one attached hydrogen (secondary N) is 1. The summed E-state index contributed by atoms with van der Waals surface area (Å²) in [5.41, 5.74) is 6.39. The fraction of sp³-hybridized carbons (Fsp3) is 0.129. The molecule has 2 nitrogen and oxygen atoms in total. The van der Waals surface area contributed by atoms with Crippen molar-refractivity contribution in [2.24, 2.45) is 5.92 Å². The van der Waals surface area contributed by atoms with Gasteiger partial charge in [-0.2, -0.15) is 0 Å². The number of carbonyl (C=O) groups excluding carboxylic acids is 1. The summed E-state index contributed by atoms with van der Waals surface area (Å²) in [4.78, 5) is 13.6. The van der Waals surface area contributed by atoms with E-state index in [4.69, 9.17) is 0 Å². The minimum absolute atomic E-state index is 0.0231. The largest absolute Gasteiger partial charge is 0.364 e. The van der Waals surface area contributed by atoms with Crippen molar-refractivity contribution in [2.75, 3.05) is 0 Å². The number of benzene rings is 3. The van der Waals surface area contributed by atoms with E-state index in [9.17, 15) is 9.18 Å². The van der Waals surface area contributed by atoms with Gasteiger partial charge in [0.1, 0.15) is 5.82 Å². The van der Waals surface area contributed by atoms with Crippen LogP contribution in [-0.4, -0.2) is 5.78 Å². The quantitative estimate of drug-likeness (QED) is 0.432. The lowest BCUT2D eigenvalue weighted by Gasteiger charge is -2.30. The molecule has 35 heavy (non-hydrogen) atoms. The predicted octanol–water partition coefficient (Wildman–Crippen LogP) is 5.92. The highest BCUT2D eigenvalue weighted by Crippen LogP contribution is 2.35. The van der Waals surface area contributed by atoms with Crippen LogP contribution in [0.3, 0.4) is 0 Å². The van der Waals surface area contributed by atoms with Crippen LogP contribution in [0.2, 0.25) is 0 Å². The molecule has 172 valence electrons. The average Bonchev–Trinajstić information content (AvgIpc) is 3.16. The number of allylic oxidation sites excluding steroid dienone is 5. The fourth-order valence-electron chi connectivity index (χ4n) is 5.48. The smallest absolute Gasteiger partial charge is 0.169 e. The van der Waals surface area contributed by atoms with Gasteiger partial charge >= 0.3 is 0 Å². The van der Waals surface area contributed by atoms with Gasteiger partial charge in [-0.15, -0.1) is 0 Å². The van der Waals surface area contributed by atoms with E-state index in [1.165, 1.54) is 39.6 Å². The van der Waals surface area contributed by atoms with Crippen LogP contribution >= 0.6 is 15.9 Å². The Hall–Kier alpha value is -3.50. The van der Waals surface area contributed by atoms with E-state index in [0.29, 0.717) is 12.0 Å². The van der Waals surface area contributed by atoms with Gasteiger partial charge in [0, 0.05) is 33.8 Å². The van der Waals surface area contributed by atoms with Crippen molar-refractivity contribution < 1.29 is 9.18 Å². The van der Waals surface area contributed by atoms with Crippen LogP contribution in [0.1, 0.15) is 33.8 Å². The average molecular weight is 524 g/mol. The van der Waals surface area contributed by atoms with E-state index in [-0.39, 0.29) is 23.4 Å². The first-order valence-corrected chi connectivity index (χ1v) is 12.6. The van der Waals surface area contributed by atoms with Crippen molar-refractivity contribution in [2.45, 2.75) is 18.8 Å². The van der Waals surface area contributed by atoms with E-state index in [0.717, 1.165) is 21.8 Å². The third-order valence-corrected chi connectivity index (χ3v) is 7.60. The van der Waals surface area contributed by atoms with Gasteiger partial charge in [0.2, 0.25) is 0 Å². The van der Waals surface area contributed by atoms with Gasteiger partial charge in [0.05, 0.1) is 0 Å². The van der Waals surface area contributed by atoms with Crippen molar-refractivity contribution >= 4 is 33.9 Å². The maximum absolute atomic E-state index is 13.9. The zero-order valence-corrected chi connectivity index (χ0v) is 20.6. The molecule has 4 heteroatoms. The molecule has 3 aliphatic rings. The Balaban J connectivity index is 1.54. The lowest BCUT2D eigenvalue weighted by molar-refractivity contribution is 0.0943. The van der Waals surface area contributed by atoms with Gasteiger partial charge in [0.15, 0.2) is 5.78 Å². The zero-order valence-electron chi connectivity index (χ0n) is 19.0. The Kier molecular flexibility index (Phi) is 5.62. The number of halogens is 2. The molecule has 1 heterocycles. The van der Waals surface area contributed by atoms with E-state index < -0.39 is 0 Å². The van der Waals surface area contributed by atoms with Crippen molar-refractivity contribution in [3.63, 3.8) is 0 Å². The minimum Gasteiger partial charge on any atom is -0.364 e. The summed E-state index contributed by atoms with van der Waals surface area (Å²) < 4.78 is 15.0. The highest BCUT2D eigenvalue weighted by molar-refractivity contribution is 9.10. The summed E-state index contributed by atoms with van der Waals surface area (Å²) in [5.74, 6) is -0.756. The van der Waals surface area contributed by atoms with Gasteiger partial charge in [-0.05, 0) is 82.0 Å². The number of ketones is 1. The molecule has 3 aromatic carbocycles. The van der Waals surface area contributed by atoms with Crippen LogP contribution in [0.15, 0.2) is 95.3 Å². The van der Waals surface area contributed by atoms with E-state index in [1.807, 2.05) is 24.4 Å². The summed E-state index contributed by atoms with van der Waals surface area (Å²) in [6.07, 6.45) is 15.8. The van der Waals surface area contributed by atoms with E-state index in [2.05, 4.69) is 69.8 Å². The topological polar surface area (TPSA) is 29.1 Å². The Labute approximate surface area is 212 Å². The normalized spacial score (nSPS) is 19.7. The second-order valence-corrected chi connectivity index (χ2v) is 10.1. The van der Waals surface area contributed by atoms with Gasteiger partial charge in [-0.1, -0.05) is 70.6 Å². The monoisotopic (exact) mass is 523 g/mol. The van der Waals surface area contributed by atoms with Crippen LogP contribution in [-0.2, 0) is 6.42 Å². The van der Waals surface area contributed by atoms with E-state index >= 15 is 0 Å². The summed E-state index contributed by atoms with van der Waals surface area (Å²) in [5, 5.41) is 5.71. The number of hydrogen-bond acceptors (Lipinski definition) is 2. The predicted molar refractivity (Wildman–Crippen MR) is 143 cm³/mol. The van der Waals surface area contributed by atoms with Gasteiger partial charge in [0.25, 0.3) is 0 Å². The standard InChI is InChI=1S/C31H23BrFNO/c32-22-9-11-24-19(15-22)8-10-26-25(24)12-13-27-28(26)17-21(31(35)20-5-4-6-23(33)16-20)18-29(27)30-7-2-1-3-14-34-30/h1-7,9-17,21,29,34H,8,18H2. The molecule has 1 N–H and O–H groups in total. The lowest BCUT2D eigenvalue weighted by atomic mass is 9.75. The minimum atomic E-state index is -0.388. The summed E-state index contributed by atoms with van der Waals surface area (Å²) >= 11 is 3.59. The second-order valence-electron chi connectivity index (χ2n) is 9.19. The Morgan fingerprint density at radius 3 is 2.74 bits per heavy atom. The molecule has 3 aromatic rings. The molecule has 0 aromatic heterocycles. The molecular weight excluding hydrogens is 501 g/mol. The van der Waals surface area contributed by atoms with Crippen LogP contribution in [0, 0.1) is 11.7 Å². The van der Waals surface area contributed by atoms with Gasteiger partial charge in [-0.3, -0.25) is 4.79 Å². The third-order valence-electron chi connectivity index (χ3n) is 7.10. The number of fused-ring (bicyclic) bond motifs is 5. The van der Waals surface area contributed by atoms with Gasteiger partial charge in [-0.25, -0.2) is 4.39 Å². The molecule has 6 rings (SSSR count). The molecule has 0 saturated carbocycles. The Morgan fingerprint density at radius 1 is 0.971 bits per heavy atom. The van der Waals surface area contributed by atoms with Crippen molar-refractivity contribution in [1.29, 1.82) is 0 Å². The third kappa shape index (κ3) is 4.02. The molecule has 2 unspecified atom stereocenters. The summed E-state index contributed by atoms with van der Waals surface area (Å²) in [6, 6.07) is 16.9. The first-order chi connectivity index (χ1) is 17.1. The van der Waals surface area contributed by atoms with Crippen LogP contribution in [0.5, 0.6) is 0 Å². The molecule has 1 aliphatic heterocycles. The molecule has 2 aliphatic carbocycles. The number of hydrogen-bond donors (Lipinski definition) is 1. The number of Topliss-reactive ketones (excluding diaryl/α,β-unsaturated/α-hetero) is 1. The Morgan fingerprint density at radius 2 is 1.86 bits per heavy atom. The molecule has 0 fully saturated rings. The van der Waals surface area contributed by atoms with Gasteiger partial charge < -0.3 is 5.32 Å². The van der Waals surface area contributed by atoms with Crippen LogP contribution < -0.4 is 15.8 Å². The molecule has 0 saturated heterocycles. The fourth-order valence-corrected chi connectivity index (χ4v) is 5.88. The zero-order chi connectivity index (χ0) is 23.9. The van der Waals surface area contributed by atoms with Crippen LogP contribution in [0.4, 0.5) is 4.39 Å². The first kappa shape index (κ1) is 22.0. The Bertz CT molecular complexity index is 1580. The maximum Gasteiger partial charge on any atom is 0.169 e. The summed E-state index contributed by atoms with van der Waals surface area (Å²) in [6.45, 7) is 0. The molecule has 2 atom stereocenters. The molecule has 0 amide bonds. The first-order valence-electron chi connectivity index (χ1n) is 11.8. The number of carbonyl (C=O) groups is 1. The SMILES string of the molecule is O=C(c1cccc(F)c1)C1C=c2c(ccc3c2=CCc2cc(Br)ccc2-3)C(C2=CC=CC=CN2)C1. The molecule has 0 bridgehead atoms. The summed E-state index contributed by atoms with van der Waals surface area (Å²) in [7, 11) is 0. The maximum atomic E-state index is 13.9. The number of rotatable bonds is 3. The van der Waals surface area contributed by atoms with E-state index in [1.54, 1.807) is 12.1 Å². The molecule has 0 radical (unpaired) electrons. The highest BCUT2D eigenvalue weighted by Gasteiger charge is 2.31. The second kappa shape index (κ2) is 8.94. The molecular formula is C31H23BrFNO. The van der Waals surface area contributed by atoms with Crippen molar-refractivity contribution in [1.82, 2.24) is 5.32 Å².